The average molecular weight is 293 g/mol. The molecule has 0 unspecified atom stereocenters. The first-order valence-electron chi connectivity index (χ1n) is 6.18. The summed E-state index contributed by atoms with van der Waals surface area (Å²) in [4.78, 5) is 14.7. The van der Waals surface area contributed by atoms with Crippen LogP contribution >= 0.6 is 11.6 Å². The van der Waals surface area contributed by atoms with Crippen LogP contribution in [0, 0.1) is 0 Å². The molecule has 0 aliphatic heterocycles. The van der Waals surface area contributed by atoms with Crippen LogP contribution in [0.5, 0.6) is 0 Å². The van der Waals surface area contributed by atoms with Crippen molar-refractivity contribution in [2.45, 2.75) is 6.54 Å². The van der Waals surface area contributed by atoms with Crippen molar-refractivity contribution in [3.05, 3.63) is 34.9 Å². The molecule has 0 bridgehead atoms. The van der Waals surface area contributed by atoms with E-state index >= 15 is 0 Å². The summed E-state index contributed by atoms with van der Waals surface area (Å²) in [7, 11) is 5.53. The van der Waals surface area contributed by atoms with Gasteiger partial charge in [0.2, 0.25) is 17.8 Å². The quantitative estimate of drug-likeness (QED) is 0.881. The van der Waals surface area contributed by atoms with Gasteiger partial charge in [-0.15, -0.1) is 0 Å². The Balaban J connectivity index is 2.17. The third kappa shape index (κ3) is 3.48. The lowest BCUT2D eigenvalue weighted by Gasteiger charge is -2.13. The van der Waals surface area contributed by atoms with Crippen LogP contribution in [0.3, 0.4) is 0 Å². The number of hydrogen-bond donors (Lipinski definition) is 2. The number of benzene rings is 1. The van der Waals surface area contributed by atoms with Crippen LogP contribution in [0.1, 0.15) is 5.56 Å². The van der Waals surface area contributed by atoms with Crippen LogP contribution in [0.2, 0.25) is 5.02 Å². The fraction of sp³-hybridized carbons (Fsp3) is 0.308. The van der Waals surface area contributed by atoms with Crippen LogP contribution in [0.15, 0.2) is 24.3 Å². The van der Waals surface area contributed by atoms with Crippen molar-refractivity contribution < 1.29 is 0 Å². The standard InChI is InChI=1S/C13H17ClN6/c1-15-11-17-12(19-13(18-11)20(2)3)16-8-9-6-4-5-7-10(9)14/h4-7H,8H2,1-3H3,(H2,15,16,17,18,19). The maximum Gasteiger partial charge on any atom is 0.231 e. The van der Waals surface area contributed by atoms with E-state index in [-0.39, 0.29) is 0 Å². The van der Waals surface area contributed by atoms with E-state index in [1.165, 1.54) is 0 Å². The van der Waals surface area contributed by atoms with E-state index in [0.29, 0.717) is 24.4 Å². The van der Waals surface area contributed by atoms with Crippen LogP contribution in [-0.2, 0) is 6.54 Å². The summed E-state index contributed by atoms with van der Waals surface area (Å²) < 4.78 is 0. The van der Waals surface area contributed by atoms with Gasteiger partial charge in [-0.1, -0.05) is 29.8 Å². The summed E-state index contributed by atoms with van der Waals surface area (Å²) in [6.45, 7) is 0.555. The highest BCUT2D eigenvalue weighted by Crippen LogP contribution is 2.17. The predicted octanol–water partition coefficient (Wildman–Crippen LogP) is 2.24. The number of rotatable bonds is 5. The van der Waals surface area contributed by atoms with Gasteiger partial charge in [-0.25, -0.2) is 0 Å². The number of nitrogens with one attached hydrogen (secondary N) is 2. The third-order valence-electron chi connectivity index (χ3n) is 2.64. The summed E-state index contributed by atoms with van der Waals surface area (Å²) >= 11 is 6.12. The van der Waals surface area contributed by atoms with E-state index in [9.17, 15) is 0 Å². The average Bonchev–Trinajstić information content (AvgIpc) is 2.46. The largest absolute Gasteiger partial charge is 0.357 e. The van der Waals surface area contributed by atoms with E-state index in [1.807, 2.05) is 43.3 Å². The Morgan fingerprint density at radius 3 is 2.45 bits per heavy atom. The first-order chi connectivity index (χ1) is 9.60. The van der Waals surface area contributed by atoms with Gasteiger partial charge < -0.3 is 15.5 Å². The second-order valence-electron chi connectivity index (χ2n) is 4.37. The Morgan fingerprint density at radius 2 is 1.80 bits per heavy atom. The summed E-state index contributed by atoms with van der Waals surface area (Å²) in [6, 6.07) is 7.66. The molecule has 106 valence electrons. The van der Waals surface area contributed by atoms with Gasteiger partial charge in [0.1, 0.15) is 0 Å². The van der Waals surface area contributed by atoms with Crippen molar-refractivity contribution in [1.29, 1.82) is 0 Å². The molecule has 1 aromatic carbocycles. The lowest BCUT2D eigenvalue weighted by molar-refractivity contribution is 0.944. The Kier molecular flexibility index (Phi) is 4.57. The SMILES string of the molecule is CNc1nc(NCc2ccccc2Cl)nc(N(C)C)n1. The Hall–Kier alpha value is -2.08. The number of anilines is 3. The predicted molar refractivity (Wildman–Crippen MR) is 82.5 cm³/mol. The first-order valence-corrected chi connectivity index (χ1v) is 6.56. The van der Waals surface area contributed by atoms with Gasteiger partial charge in [0.05, 0.1) is 0 Å². The zero-order chi connectivity index (χ0) is 14.5. The second kappa shape index (κ2) is 6.38. The molecule has 0 aliphatic carbocycles. The van der Waals surface area contributed by atoms with Crippen molar-refractivity contribution in [3.63, 3.8) is 0 Å². The van der Waals surface area contributed by atoms with Gasteiger partial charge in [-0.3, -0.25) is 0 Å². The molecule has 0 atom stereocenters. The molecule has 0 saturated carbocycles. The molecular weight excluding hydrogens is 276 g/mol. The van der Waals surface area contributed by atoms with Crippen molar-refractivity contribution >= 4 is 29.4 Å². The summed E-state index contributed by atoms with van der Waals surface area (Å²) in [5, 5.41) is 6.79. The lowest BCUT2D eigenvalue weighted by atomic mass is 10.2. The van der Waals surface area contributed by atoms with E-state index in [4.69, 9.17) is 11.6 Å². The zero-order valence-electron chi connectivity index (χ0n) is 11.7. The Bertz CT molecular complexity index is 587. The molecule has 6 nitrogen and oxygen atoms in total. The van der Waals surface area contributed by atoms with E-state index in [1.54, 1.807) is 7.05 Å². The highest BCUT2D eigenvalue weighted by molar-refractivity contribution is 6.31. The minimum Gasteiger partial charge on any atom is -0.357 e. The maximum atomic E-state index is 6.12. The van der Waals surface area contributed by atoms with Gasteiger partial charge in [0.25, 0.3) is 0 Å². The zero-order valence-corrected chi connectivity index (χ0v) is 12.4. The summed E-state index contributed by atoms with van der Waals surface area (Å²) in [5.41, 5.74) is 0.993. The summed E-state index contributed by atoms with van der Waals surface area (Å²) in [5.74, 6) is 1.62. The van der Waals surface area contributed by atoms with E-state index < -0.39 is 0 Å². The second-order valence-corrected chi connectivity index (χ2v) is 4.78. The minimum atomic E-state index is 0.507. The molecule has 20 heavy (non-hydrogen) atoms. The topological polar surface area (TPSA) is 66.0 Å². The Labute approximate surface area is 123 Å². The molecule has 0 radical (unpaired) electrons. The van der Waals surface area contributed by atoms with Crippen LogP contribution < -0.4 is 15.5 Å². The van der Waals surface area contributed by atoms with Crippen LogP contribution in [0.4, 0.5) is 17.8 Å². The molecule has 0 saturated heterocycles. The minimum absolute atomic E-state index is 0.507. The molecule has 2 N–H and O–H groups in total. The maximum absolute atomic E-state index is 6.12. The lowest BCUT2D eigenvalue weighted by Crippen LogP contribution is -2.16. The molecule has 2 rings (SSSR count). The molecule has 0 aliphatic rings. The number of hydrogen-bond acceptors (Lipinski definition) is 6. The van der Waals surface area contributed by atoms with Crippen LogP contribution in [0.25, 0.3) is 0 Å². The van der Waals surface area contributed by atoms with E-state index in [2.05, 4.69) is 25.6 Å². The van der Waals surface area contributed by atoms with Gasteiger partial charge in [-0.2, -0.15) is 15.0 Å². The van der Waals surface area contributed by atoms with E-state index in [0.717, 1.165) is 10.6 Å². The van der Waals surface area contributed by atoms with Crippen molar-refractivity contribution in [3.8, 4) is 0 Å². The van der Waals surface area contributed by atoms with Crippen molar-refractivity contribution in [2.75, 3.05) is 36.7 Å². The molecule has 1 heterocycles. The summed E-state index contributed by atoms with van der Waals surface area (Å²) in [6.07, 6.45) is 0. The Morgan fingerprint density at radius 1 is 1.10 bits per heavy atom. The molecule has 2 aromatic rings. The molecule has 0 fully saturated rings. The molecule has 7 heteroatoms. The number of nitrogens with zero attached hydrogens (tertiary/aromatic N) is 4. The number of halogens is 1. The van der Waals surface area contributed by atoms with Gasteiger partial charge in [0.15, 0.2) is 0 Å². The first kappa shape index (κ1) is 14.3. The number of aromatic nitrogens is 3. The fourth-order valence-electron chi connectivity index (χ4n) is 1.57. The molecule has 0 spiro atoms. The monoisotopic (exact) mass is 292 g/mol. The van der Waals surface area contributed by atoms with Crippen LogP contribution in [-0.4, -0.2) is 36.1 Å². The van der Waals surface area contributed by atoms with Crippen molar-refractivity contribution in [2.24, 2.45) is 0 Å². The fourth-order valence-corrected chi connectivity index (χ4v) is 1.77. The highest BCUT2D eigenvalue weighted by Gasteiger charge is 2.07. The van der Waals surface area contributed by atoms with Gasteiger partial charge in [0, 0.05) is 32.7 Å². The van der Waals surface area contributed by atoms with Crippen molar-refractivity contribution in [1.82, 2.24) is 15.0 Å². The molecular formula is C13H17ClN6. The highest BCUT2D eigenvalue weighted by atomic mass is 35.5. The van der Waals surface area contributed by atoms with Gasteiger partial charge in [-0.05, 0) is 11.6 Å². The van der Waals surface area contributed by atoms with Gasteiger partial charge >= 0.3 is 0 Å². The molecule has 0 amide bonds. The molecule has 1 aromatic heterocycles. The third-order valence-corrected chi connectivity index (χ3v) is 3.01. The normalized spacial score (nSPS) is 10.2. The smallest absolute Gasteiger partial charge is 0.231 e.